The molecule has 28 heavy (non-hydrogen) atoms. The van der Waals surface area contributed by atoms with E-state index >= 15 is 0 Å². The maximum absolute atomic E-state index is 12.7. The van der Waals surface area contributed by atoms with E-state index in [-0.39, 0.29) is 12.1 Å². The van der Waals surface area contributed by atoms with Crippen LogP contribution in [0.2, 0.25) is 0 Å². The van der Waals surface area contributed by atoms with Crippen LogP contribution >= 0.6 is 0 Å². The Morgan fingerprint density at radius 2 is 1.86 bits per heavy atom. The fourth-order valence-corrected chi connectivity index (χ4v) is 2.89. The average molecular weight is 374 g/mol. The lowest BCUT2D eigenvalue weighted by atomic mass is 10.2. The van der Waals surface area contributed by atoms with Crippen LogP contribution in [-0.2, 0) is 6.54 Å². The Balaban J connectivity index is 1.56. The van der Waals surface area contributed by atoms with Gasteiger partial charge >= 0.3 is 0 Å². The van der Waals surface area contributed by atoms with Crippen molar-refractivity contribution >= 4 is 23.1 Å². The predicted octanol–water partition coefficient (Wildman–Crippen LogP) is 3.32. The van der Waals surface area contributed by atoms with Gasteiger partial charge in [0.2, 0.25) is 0 Å². The SMILES string of the molecule is COc1ccc(/C=C/c2nc(Cn3c(C)nc4ccccc4c3=O)no2)cc1. The molecule has 0 atom stereocenters. The van der Waals surface area contributed by atoms with Gasteiger partial charge in [0.1, 0.15) is 11.6 Å². The highest BCUT2D eigenvalue weighted by Gasteiger charge is 2.11. The van der Waals surface area contributed by atoms with Gasteiger partial charge < -0.3 is 9.26 Å². The molecular formula is C21H18N4O3. The number of ether oxygens (including phenoxy) is 1. The highest BCUT2D eigenvalue weighted by atomic mass is 16.5. The lowest BCUT2D eigenvalue weighted by Gasteiger charge is -2.08. The second-order valence-corrected chi connectivity index (χ2v) is 6.22. The number of methoxy groups -OCH3 is 1. The van der Waals surface area contributed by atoms with Crippen molar-refractivity contribution < 1.29 is 9.26 Å². The molecule has 0 saturated carbocycles. The number of aryl methyl sites for hydroxylation is 1. The van der Waals surface area contributed by atoms with Crippen molar-refractivity contribution in [3.8, 4) is 5.75 Å². The standard InChI is InChI=1S/C21H18N4O3/c1-14-22-18-6-4-3-5-17(18)21(26)25(14)13-19-23-20(28-24-19)12-9-15-7-10-16(27-2)11-8-15/h3-12H,13H2,1-2H3/b12-9+. The molecule has 0 aliphatic carbocycles. The van der Waals surface area contributed by atoms with Crippen LogP contribution in [0, 0.1) is 6.92 Å². The molecule has 2 aromatic carbocycles. The van der Waals surface area contributed by atoms with E-state index in [1.807, 2.05) is 48.5 Å². The molecule has 4 aromatic rings. The van der Waals surface area contributed by atoms with Gasteiger partial charge in [0, 0.05) is 6.08 Å². The molecule has 4 rings (SSSR count). The number of fused-ring (bicyclic) bond motifs is 1. The quantitative estimate of drug-likeness (QED) is 0.533. The van der Waals surface area contributed by atoms with Crippen LogP contribution in [-0.4, -0.2) is 26.8 Å². The molecule has 0 bridgehead atoms. The molecule has 0 fully saturated rings. The van der Waals surface area contributed by atoms with Gasteiger partial charge in [-0.1, -0.05) is 29.4 Å². The molecule has 0 radical (unpaired) electrons. The first-order valence-corrected chi connectivity index (χ1v) is 8.75. The molecule has 140 valence electrons. The zero-order valence-electron chi connectivity index (χ0n) is 15.5. The summed E-state index contributed by atoms with van der Waals surface area (Å²) in [4.78, 5) is 21.6. The van der Waals surface area contributed by atoms with E-state index in [1.54, 1.807) is 30.7 Å². The van der Waals surface area contributed by atoms with E-state index in [4.69, 9.17) is 9.26 Å². The van der Waals surface area contributed by atoms with Crippen LogP contribution in [0.3, 0.4) is 0 Å². The minimum atomic E-state index is -0.122. The Labute approximate surface area is 160 Å². The van der Waals surface area contributed by atoms with Crippen LogP contribution in [0.1, 0.15) is 23.1 Å². The van der Waals surface area contributed by atoms with Crippen LogP contribution in [0.25, 0.3) is 23.1 Å². The minimum absolute atomic E-state index is 0.122. The molecule has 0 amide bonds. The molecular weight excluding hydrogens is 356 g/mol. The number of hydrogen-bond acceptors (Lipinski definition) is 6. The summed E-state index contributed by atoms with van der Waals surface area (Å²) in [6.45, 7) is 1.99. The number of benzene rings is 2. The Morgan fingerprint density at radius 1 is 1.07 bits per heavy atom. The summed E-state index contributed by atoms with van der Waals surface area (Å²) >= 11 is 0. The molecule has 2 aromatic heterocycles. The van der Waals surface area contributed by atoms with Crippen molar-refractivity contribution in [2.24, 2.45) is 0 Å². The lowest BCUT2D eigenvalue weighted by Crippen LogP contribution is -2.24. The van der Waals surface area contributed by atoms with Crippen molar-refractivity contribution in [1.82, 2.24) is 19.7 Å². The average Bonchev–Trinajstić information content (AvgIpc) is 3.17. The third-order valence-corrected chi connectivity index (χ3v) is 4.37. The predicted molar refractivity (Wildman–Crippen MR) is 106 cm³/mol. The molecule has 0 aliphatic rings. The van der Waals surface area contributed by atoms with Gasteiger partial charge in [0.05, 0.1) is 24.6 Å². The van der Waals surface area contributed by atoms with Gasteiger partial charge in [-0.25, -0.2) is 4.98 Å². The monoisotopic (exact) mass is 374 g/mol. The zero-order chi connectivity index (χ0) is 19.5. The van der Waals surface area contributed by atoms with Crippen molar-refractivity contribution in [2.45, 2.75) is 13.5 Å². The highest BCUT2D eigenvalue weighted by molar-refractivity contribution is 5.77. The van der Waals surface area contributed by atoms with Crippen LogP contribution in [0.4, 0.5) is 0 Å². The molecule has 7 nitrogen and oxygen atoms in total. The zero-order valence-corrected chi connectivity index (χ0v) is 15.5. The summed E-state index contributed by atoms with van der Waals surface area (Å²) in [7, 11) is 1.63. The van der Waals surface area contributed by atoms with Crippen molar-refractivity contribution in [3.63, 3.8) is 0 Å². The van der Waals surface area contributed by atoms with E-state index in [0.29, 0.717) is 28.4 Å². The Bertz CT molecular complexity index is 1210. The maximum Gasteiger partial charge on any atom is 0.261 e. The first-order valence-electron chi connectivity index (χ1n) is 8.75. The highest BCUT2D eigenvalue weighted by Crippen LogP contribution is 2.14. The summed E-state index contributed by atoms with van der Waals surface area (Å²) in [6, 6.07) is 14.9. The van der Waals surface area contributed by atoms with Crippen LogP contribution in [0.5, 0.6) is 5.75 Å². The molecule has 0 aliphatic heterocycles. The summed E-state index contributed by atoms with van der Waals surface area (Å²) < 4.78 is 11.9. The number of para-hydroxylation sites is 1. The summed E-state index contributed by atoms with van der Waals surface area (Å²) in [5.74, 6) is 2.17. The lowest BCUT2D eigenvalue weighted by molar-refractivity contribution is 0.401. The molecule has 2 heterocycles. The summed E-state index contributed by atoms with van der Waals surface area (Å²) in [6.07, 6.45) is 3.60. The van der Waals surface area contributed by atoms with E-state index in [0.717, 1.165) is 11.3 Å². The fraction of sp³-hybridized carbons (Fsp3) is 0.143. The third kappa shape index (κ3) is 3.55. The topological polar surface area (TPSA) is 83.0 Å². The second kappa shape index (κ2) is 7.48. The first kappa shape index (κ1) is 17.7. The van der Waals surface area contributed by atoms with Gasteiger partial charge in [0.25, 0.3) is 11.4 Å². The van der Waals surface area contributed by atoms with Gasteiger partial charge in [-0.05, 0) is 42.8 Å². The maximum atomic E-state index is 12.7. The minimum Gasteiger partial charge on any atom is -0.497 e. The van der Waals surface area contributed by atoms with Gasteiger partial charge in [-0.2, -0.15) is 4.98 Å². The van der Waals surface area contributed by atoms with Gasteiger partial charge in [-0.15, -0.1) is 0 Å². The molecule has 7 heteroatoms. The van der Waals surface area contributed by atoms with Crippen LogP contribution < -0.4 is 10.3 Å². The van der Waals surface area contributed by atoms with Crippen LogP contribution in [0.15, 0.2) is 57.8 Å². The summed E-state index contributed by atoms with van der Waals surface area (Å²) in [5.41, 5.74) is 1.53. The molecule has 0 unspecified atom stereocenters. The number of aromatic nitrogens is 4. The van der Waals surface area contributed by atoms with E-state index in [1.165, 1.54) is 0 Å². The Morgan fingerprint density at radius 3 is 2.64 bits per heavy atom. The second-order valence-electron chi connectivity index (χ2n) is 6.22. The van der Waals surface area contributed by atoms with E-state index in [9.17, 15) is 4.79 Å². The van der Waals surface area contributed by atoms with Crippen molar-refractivity contribution in [2.75, 3.05) is 7.11 Å². The van der Waals surface area contributed by atoms with E-state index in [2.05, 4.69) is 15.1 Å². The third-order valence-electron chi connectivity index (χ3n) is 4.37. The smallest absolute Gasteiger partial charge is 0.261 e. The first-order chi connectivity index (χ1) is 13.6. The molecule has 0 spiro atoms. The molecule has 0 N–H and O–H groups in total. The Hall–Kier alpha value is -3.74. The number of nitrogens with zero attached hydrogens (tertiary/aromatic N) is 4. The van der Waals surface area contributed by atoms with Crippen molar-refractivity contribution in [3.05, 3.63) is 82.0 Å². The van der Waals surface area contributed by atoms with Gasteiger partial charge in [-0.3, -0.25) is 9.36 Å². The van der Waals surface area contributed by atoms with E-state index < -0.39 is 0 Å². The number of rotatable bonds is 5. The van der Waals surface area contributed by atoms with Gasteiger partial charge in [0.15, 0.2) is 5.82 Å². The van der Waals surface area contributed by atoms with Crippen molar-refractivity contribution in [1.29, 1.82) is 0 Å². The Kier molecular flexibility index (Phi) is 4.72. The largest absolute Gasteiger partial charge is 0.497 e. The number of hydrogen-bond donors (Lipinski definition) is 0. The normalized spacial score (nSPS) is 11.4. The fourth-order valence-electron chi connectivity index (χ4n) is 2.89. The molecule has 0 saturated heterocycles. The summed E-state index contributed by atoms with van der Waals surface area (Å²) in [5, 5.41) is 4.53.